The van der Waals surface area contributed by atoms with Crippen molar-refractivity contribution in [2.45, 2.75) is 32.4 Å². The number of carbonyl (C=O) groups excluding carboxylic acids is 1. The van der Waals surface area contributed by atoms with Crippen molar-refractivity contribution in [3.63, 3.8) is 0 Å². The van der Waals surface area contributed by atoms with E-state index in [0.717, 1.165) is 24.9 Å². The topological polar surface area (TPSA) is 50.4 Å². The summed E-state index contributed by atoms with van der Waals surface area (Å²) in [7, 11) is 0. The lowest BCUT2D eigenvalue weighted by Crippen LogP contribution is -2.41. The van der Waals surface area contributed by atoms with Crippen LogP contribution in [-0.2, 0) is 4.79 Å². The van der Waals surface area contributed by atoms with E-state index in [1.165, 1.54) is 12.1 Å². The predicted octanol–water partition coefficient (Wildman–Crippen LogP) is 2.46. The number of benzene rings is 1. The molecule has 0 saturated carbocycles. The van der Waals surface area contributed by atoms with E-state index in [1.54, 1.807) is 12.1 Å². The van der Waals surface area contributed by atoms with Crippen molar-refractivity contribution in [2.24, 2.45) is 5.92 Å². The monoisotopic (exact) mass is 298 g/mol. The lowest BCUT2D eigenvalue weighted by molar-refractivity contribution is -0.126. The highest BCUT2D eigenvalue weighted by molar-refractivity contribution is 5.79. The van der Waals surface area contributed by atoms with E-state index < -0.39 is 6.61 Å². The molecule has 2 unspecified atom stereocenters. The van der Waals surface area contributed by atoms with Gasteiger partial charge in [0.15, 0.2) is 0 Å². The fraction of sp³-hybridized carbons (Fsp3) is 0.533. The minimum absolute atomic E-state index is 0.00474. The van der Waals surface area contributed by atoms with Gasteiger partial charge in [-0.05, 0) is 44.0 Å². The Labute approximate surface area is 122 Å². The van der Waals surface area contributed by atoms with Gasteiger partial charge in [0.1, 0.15) is 5.75 Å². The molecule has 1 aromatic rings. The molecule has 1 fully saturated rings. The molecular formula is C15H20F2N2O2. The van der Waals surface area contributed by atoms with Crippen LogP contribution in [0.4, 0.5) is 8.78 Å². The highest BCUT2D eigenvalue weighted by Gasteiger charge is 2.22. The van der Waals surface area contributed by atoms with Crippen LogP contribution in [0.2, 0.25) is 0 Å². The molecular weight excluding hydrogens is 278 g/mol. The van der Waals surface area contributed by atoms with E-state index in [9.17, 15) is 13.6 Å². The number of piperidine rings is 1. The Morgan fingerprint density at radius 1 is 1.48 bits per heavy atom. The maximum Gasteiger partial charge on any atom is 0.387 e. The summed E-state index contributed by atoms with van der Waals surface area (Å²) in [5.41, 5.74) is 0.741. The molecule has 1 aliphatic rings. The Hall–Kier alpha value is -1.69. The zero-order valence-electron chi connectivity index (χ0n) is 11.9. The lowest BCUT2D eigenvalue weighted by atomic mass is 9.98. The van der Waals surface area contributed by atoms with Gasteiger partial charge in [-0.2, -0.15) is 8.78 Å². The number of alkyl halides is 2. The number of amides is 1. The Kier molecular flexibility index (Phi) is 5.50. The maximum atomic E-state index is 12.2. The Balaban J connectivity index is 1.95. The number of hydrogen-bond acceptors (Lipinski definition) is 3. The minimum atomic E-state index is -2.85. The summed E-state index contributed by atoms with van der Waals surface area (Å²) in [5.74, 6) is 0.0690. The van der Waals surface area contributed by atoms with Gasteiger partial charge in [-0.3, -0.25) is 4.79 Å². The van der Waals surface area contributed by atoms with E-state index in [4.69, 9.17) is 0 Å². The van der Waals surface area contributed by atoms with Gasteiger partial charge in [0.25, 0.3) is 0 Å². The average molecular weight is 298 g/mol. The molecule has 2 rings (SSSR count). The third-order valence-electron chi connectivity index (χ3n) is 3.61. The molecule has 4 nitrogen and oxygen atoms in total. The van der Waals surface area contributed by atoms with Gasteiger partial charge in [-0.25, -0.2) is 0 Å². The summed E-state index contributed by atoms with van der Waals surface area (Å²) in [6, 6.07) is 6.16. The van der Waals surface area contributed by atoms with E-state index >= 15 is 0 Å². The molecule has 116 valence electrons. The summed E-state index contributed by atoms with van der Waals surface area (Å²) in [4.78, 5) is 12.1. The molecule has 2 N–H and O–H groups in total. The van der Waals surface area contributed by atoms with Gasteiger partial charge in [0.05, 0.1) is 12.0 Å². The van der Waals surface area contributed by atoms with Crippen molar-refractivity contribution in [1.29, 1.82) is 0 Å². The number of halogens is 2. The van der Waals surface area contributed by atoms with E-state index in [-0.39, 0.29) is 23.6 Å². The Bertz CT molecular complexity index is 476. The van der Waals surface area contributed by atoms with Crippen LogP contribution in [-0.4, -0.2) is 25.6 Å². The number of nitrogens with one attached hydrogen (secondary N) is 2. The minimum Gasteiger partial charge on any atom is -0.435 e. The molecule has 21 heavy (non-hydrogen) atoms. The van der Waals surface area contributed by atoms with Crippen LogP contribution in [0.1, 0.15) is 31.4 Å². The first-order valence-electron chi connectivity index (χ1n) is 7.12. The van der Waals surface area contributed by atoms with Crippen LogP contribution >= 0.6 is 0 Å². The average Bonchev–Trinajstić information content (AvgIpc) is 2.47. The summed E-state index contributed by atoms with van der Waals surface area (Å²) in [5, 5.41) is 6.12. The quantitative estimate of drug-likeness (QED) is 0.878. The summed E-state index contributed by atoms with van der Waals surface area (Å²) >= 11 is 0. The normalized spacial score (nSPS) is 20.1. The standard InChI is InChI=1S/C15H20F2N2O2/c1-10(19-14(20)12-5-3-7-18-9-12)11-4-2-6-13(8-11)21-15(16)17/h2,4,6,8,10,12,15,18H,3,5,7,9H2,1H3,(H,19,20). The number of carbonyl (C=O) groups is 1. The second-order valence-electron chi connectivity index (χ2n) is 5.22. The second-order valence-corrected chi connectivity index (χ2v) is 5.22. The molecule has 0 radical (unpaired) electrons. The van der Waals surface area contributed by atoms with Gasteiger partial charge < -0.3 is 15.4 Å². The first kappa shape index (κ1) is 15.7. The van der Waals surface area contributed by atoms with Crippen LogP contribution in [0, 0.1) is 5.92 Å². The van der Waals surface area contributed by atoms with E-state index in [1.807, 2.05) is 6.92 Å². The van der Waals surface area contributed by atoms with Crippen LogP contribution in [0.15, 0.2) is 24.3 Å². The van der Waals surface area contributed by atoms with Crippen molar-refractivity contribution >= 4 is 5.91 Å². The van der Waals surface area contributed by atoms with Crippen molar-refractivity contribution in [1.82, 2.24) is 10.6 Å². The molecule has 6 heteroatoms. The summed E-state index contributed by atoms with van der Waals surface area (Å²) in [6.45, 7) is 0.619. The van der Waals surface area contributed by atoms with Gasteiger partial charge in [0.2, 0.25) is 5.91 Å². The van der Waals surface area contributed by atoms with Crippen molar-refractivity contribution in [2.75, 3.05) is 13.1 Å². The van der Waals surface area contributed by atoms with Crippen LogP contribution in [0.25, 0.3) is 0 Å². The maximum absolute atomic E-state index is 12.2. The lowest BCUT2D eigenvalue weighted by Gasteiger charge is -2.24. The zero-order valence-corrected chi connectivity index (χ0v) is 11.9. The third-order valence-corrected chi connectivity index (χ3v) is 3.61. The van der Waals surface area contributed by atoms with Crippen LogP contribution in [0.5, 0.6) is 5.75 Å². The van der Waals surface area contributed by atoms with E-state index in [0.29, 0.717) is 6.54 Å². The van der Waals surface area contributed by atoms with Gasteiger partial charge in [-0.1, -0.05) is 12.1 Å². The molecule has 1 heterocycles. The SMILES string of the molecule is CC(NC(=O)C1CCCNC1)c1cccc(OC(F)F)c1. The van der Waals surface area contributed by atoms with Crippen molar-refractivity contribution in [3.8, 4) is 5.75 Å². The summed E-state index contributed by atoms with van der Waals surface area (Å²) < 4.78 is 28.8. The fourth-order valence-corrected chi connectivity index (χ4v) is 2.45. The fourth-order valence-electron chi connectivity index (χ4n) is 2.45. The molecule has 0 aliphatic carbocycles. The first-order chi connectivity index (χ1) is 10.1. The molecule has 1 saturated heterocycles. The molecule has 1 amide bonds. The van der Waals surface area contributed by atoms with Gasteiger partial charge in [0, 0.05) is 6.54 Å². The van der Waals surface area contributed by atoms with E-state index in [2.05, 4.69) is 15.4 Å². The Morgan fingerprint density at radius 3 is 2.95 bits per heavy atom. The molecule has 0 aromatic heterocycles. The van der Waals surface area contributed by atoms with Crippen molar-refractivity contribution in [3.05, 3.63) is 29.8 Å². The zero-order chi connectivity index (χ0) is 15.2. The highest BCUT2D eigenvalue weighted by atomic mass is 19.3. The molecule has 1 aromatic carbocycles. The van der Waals surface area contributed by atoms with Crippen LogP contribution < -0.4 is 15.4 Å². The summed E-state index contributed by atoms with van der Waals surface area (Å²) in [6.07, 6.45) is 1.87. The molecule has 0 spiro atoms. The smallest absolute Gasteiger partial charge is 0.387 e. The van der Waals surface area contributed by atoms with Crippen LogP contribution in [0.3, 0.4) is 0 Å². The third kappa shape index (κ3) is 4.67. The van der Waals surface area contributed by atoms with Gasteiger partial charge in [-0.15, -0.1) is 0 Å². The highest BCUT2D eigenvalue weighted by Crippen LogP contribution is 2.21. The molecule has 2 atom stereocenters. The largest absolute Gasteiger partial charge is 0.435 e. The van der Waals surface area contributed by atoms with Gasteiger partial charge >= 0.3 is 6.61 Å². The predicted molar refractivity (Wildman–Crippen MR) is 75.2 cm³/mol. The number of hydrogen-bond donors (Lipinski definition) is 2. The molecule has 1 aliphatic heterocycles. The molecule has 0 bridgehead atoms. The number of rotatable bonds is 5. The van der Waals surface area contributed by atoms with Crippen molar-refractivity contribution < 1.29 is 18.3 Å². The Morgan fingerprint density at radius 2 is 2.29 bits per heavy atom. The first-order valence-corrected chi connectivity index (χ1v) is 7.12. The number of ether oxygens (including phenoxy) is 1. The second kappa shape index (κ2) is 7.36.